The van der Waals surface area contributed by atoms with Crippen LogP contribution in [0.25, 0.3) is 11.3 Å². The molecule has 2 aromatic heterocycles. The summed E-state index contributed by atoms with van der Waals surface area (Å²) in [5.41, 5.74) is 1.97. The van der Waals surface area contributed by atoms with E-state index in [1.165, 1.54) is 4.68 Å². The molecule has 0 saturated carbocycles. The van der Waals surface area contributed by atoms with Crippen LogP contribution < -0.4 is 5.32 Å². The first kappa shape index (κ1) is 13.4. The number of nitrogens with zero attached hydrogens (tertiary/aromatic N) is 3. The molecule has 0 radical (unpaired) electrons. The predicted octanol–water partition coefficient (Wildman–Crippen LogP) is 2.72. The van der Waals surface area contributed by atoms with Crippen LogP contribution in [0.1, 0.15) is 10.5 Å². The van der Waals surface area contributed by atoms with Crippen molar-refractivity contribution in [3.8, 4) is 11.3 Å². The molecule has 21 heavy (non-hydrogen) atoms. The number of carbonyl (C=O) groups is 1. The van der Waals surface area contributed by atoms with Gasteiger partial charge in [0.25, 0.3) is 5.91 Å². The number of hydrogen-bond donors (Lipinski definition) is 2. The van der Waals surface area contributed by atoms with E-state index in [1.54, 1.807) is 19.3 Å². The Kier molecular flexibility index (Phi) is 3.45. The molecule has 0 aliphatic heterocycles. The summed E-state index contributed by atoms with van der Waals surface area (Å²) >= 11 is 5.93. The zero-order valence-electron chi connectivity index (χ0n) is 11.2. The second-order valence-electron chi connectivity index (χ2n) is 4.49. The Labute approximate surface area is 125 Å². The monoisotopic (exact) mass is 301 g/mol. The number of aromatic amines is 1. The first-order valence-electron chi connectivity index (χ1n) is 6.25. The number of hydrogen-bond acceptors (Lipinski definition) is 3. The molecule has 0 saturated heterocycles. The van der Waals surface area contributed by atoms with Crippen LogP contribution in [-0.2, 0) is 7.05 Å². The number of nitrogens with one attached hydrogen (secondary N) is 2. The lowest BCUT2D eigenvalue weighted by Gasteiger charge is -1.98. The Bertz CT molecular complexity index is 778. The number of aryl methyl sites for hydroxylation is 1. The highest BCUT2D eigenvalue weighted by Gasteiger charge is 2.16. The molecule has 106 valence electrons. The number of halogens is 1. The fourth-order valence-electron chi connectivity index (χ4n) is 1.94. The summed E-state index contributed by atoms with van der Waals surface area (Å²) in [5, 5.41) is 13.9. The fraction of sp³-hybridized carbons (Fsp3) is 0.0714. The first-order chi connectivity index (χ1) is 10.1. The minimum atomic E-state index is -0.397. The number of anilines is 1. The molecular weight excluding hydrogens is 290 g/mol. The van der Waals surface area contributed by atoms with E-state index in [0.717, 1.165) is 11.3 Å². The average molecular weight is 302 g/mol. The largest absolute Gasteiger partial charge is 0.304 e. The molecule has 0 spiro atoms. The van der Waals surface area contributed by atoms with Crippen LogP contribution >= 0.6 is 11.6 Å². The molecule has 1 amide bonds. The molecule has 0 unspecified atom stereocenters. The van der Waals surface area contributed by atoms with Crippen molar-refractivity contribution in [3.63, 3.8) is 0 Å². The van der Waals surface area contributed by atoms with Crippen LogP contribution in [0.15, 0.2) is 42.6 Å². The highest BCUT2D eigenvalue weighted by Crippen LogP contribution is 2.20. The summed E-state index contributed by atoms with van der Waals surface area (Å²) in [4.78, 5) is 12.1. The number of rotatable bonds is 3. The molecule has 1 aromatic carbocycles. The molecular formula is C14H12ClN5O. The standard InChI is InChI=1S/C14H12ClN5O/c1-20-8-10(15)13(19-20)14(21)16-12-7-11(17-18-12)9-5-3-2-4-6-9/h2-8H,1H3,(H2,16,17,18,21). The first-order valence-corrected chi connectivity index (χ1v) is 6.62. The fourth-order valence-corrected chi connectivity index (χ4v) is 2.21. The molecule has 0 fully saturated rings. The summed E-state index contributed by atoms with van der Waals surface area (Å²) in [6.07, 6.45) is 1.57. The van der Waals surface area contributed by atoms with Gasteiger partial charge >= 0.3 is 0 Å². The van der Waals surface area contributed by atoms with Crippen molar-refractivity contribution in [2.75, 3.05) is 5.32 Å². The van der Waals surface area contributed by atoms with E-state index in [2.05, 4.69) is 20.6 Å². The van der Waals surface area contributed by atoms with Crippen LogP contribution in [-0.4, -0.2) is 25.9 Å². The zero-order valence-corrected chi connectivity index (χ0v) is 11.9. The molecule has 0 aliphatic rings. The Morgan fingerprint density at radius 3 is 2.76 bits per heavy atom. The summed E-state index contributed by atoms with van der Waals surface area (Å²) in [6, 6.07) is 11.5. The van der Waals surface area contributed by atoms with Gasteiger partial charge in [0.1, 0.15) is 0 Å². The minimum Gasteiger partial charge on any atom is -0.304 e. The van der Waals surface area contributed by atoms with E-state index in [4.69, 9.17) is 11.6 Å². The maximum atomic E-state index is 12.1. The minimum absolute atomic E-state index is 0.170. The lowest BCUT2D eigenvalue weighted by molar-refractivity contribution is 0.102. The summed E-state index contributed by atoms with van der Waals surface area (Å²) in [5.74, 6) is 0.0206. The highest BCUT2D eigenvalue weighted by molar-refractivity contribution is 6.34. The Morgan fingerprint density at radius 2 is 2.10 bits per heavy atom. The smallest absolute Gasteiger partial charge is 0.278 e. The summed E-state index contributed by atoms with van der Waals surface area (Å²) in [6.45, 7) is 0. The van der Waals surface area contributed by atoms with E-state index >= 15 is 0 Å². The van der Waals surface area contributed by atoms with Gasteiger partial charge in [-0.1, -0.05) is 41.9 Å². The van der Waals surface area contributed by atoms with Gasteiger partial charge in [0.05, 0.1) is 10.7 Å². The van der Waals surface area contributed by atoms with Crippen LogP contribution in [0, 0.1) is 0 Å². The molecule has 0 atom stereocenters. The Balaban J connectivity index is 1.79. The van der Waals surface area contributed by atoms with Gasteiger partial charge in [-0.2, -0.15) is 10.2 Å². The Hall–Kier alpha value is -2.60. The van der Waals surface area contributed by atoms with Crippen LogP contribution in [0.2, 0.25) is 5.02 Å². The molecule has 3 rings (SSSR count). The number of H-pyrrole nitrogens is 1. The van der Waals surface area contributed by atoms with Gasteiger partial charge in [0.15, 0.2) is 11.5 Å². The van der Waals surface area contributed by atoms with Crippen molar-refractivity contribution in [1.82, 2.24) is 20.0 Å². The van der Waals surface area contributed by atoms with Gasteiger partial charge in [-0.15, -0.1) is 0 Å². The number of amides is 1. The third kappa shape index (κ3) is 2.80. The van der Waals surface area contributed by atoms with Crippen molar-refractivity contribution < 1.29 is 4.79 Å². The predicted molar refractivity (Wildman–Crippen MR) is 80.2 cm³/mol. The van der Waals surface area contributed by atoms with Gasteiger partial charge in [0.2, 0.25) is 0 Å². The molecule has 2 heterocycles. The van der Waals surface area contributed by atoms with E-state index in [1.807, 2.05) is 30.3 Å². The van der Waals surface area contributed by atoms with Gasteiger partial charge < -0.3 is 5.32 Å². The van der Waals surface area contributed by atoms with Crippen molar-refractivity contribution in [2.24, 2.45) is 7.05 Å². The van der Waals surface area contributed by atoms with Gasteiger partial charge in [-0.3, -0.25) is 14.6 Å². The SMILES string of the molecule is Cn1cc(Cl)c(C(=O)Nc2cc(-c3ccccc3)[nH]n2)n1. The normalized spacial score (nSPS) is 10.6. The third-order valence-electron chi connectivity index (χ3n) is 2.90. The number of aromatic nitrogens is 4. The van der Waals surface area contributed by atoms with E-state index in [0.29, 0.717) is 10.8 Å². The zero-order chi connectivity index (χ0) is 14.8. The topological polar surface area (TPSA) is 75.6 Å². The van der Waals surface area contributed by atoms with Crippen LogP contribution in [0.5, 0.6) is 0 Å². The second-order valence-corrected chi connectivity index (χ2v) is 4.89. The van der Waals surface area contributed by atoms with Crippen molar-refractivity contribution in [1.29, 1.82) is 0 Å². The van der Waals surface area contributed by atoms with Gasteiger partial charge in [-0.05, 0) is 5.56 Å². The number of benzene rings is 1. The van der Waals surface area contributed by atoms with Crippen LogP contribution in [0.4, 0.5) is 5.82 Å². The average Bonchev–Trinajstić information content (AvgIpc) is 3.06. The van der Waals surface area contributed by atoms with Crippen molar-refractivity contribution >= 4 is 23.3 Å². The quantitative estimate of drug-likeness (QED) is 0.781. The van der Waals surface area contributed by atoms with Crippen molar-refractivity contribution in [3.05, 3.63) is 53.3 Å². The second kappa shape index (κ2) is 5.41. The van der Waals surface area contributed by atoms with Gasteiger partial charge in [0, 0.05) is 19.3 Å². The summed E-state index contributed by atoms with van der Waals surface area (Å²) in [7, 11) is 1.70. The Morgan fingerprint density at radius 1 is 1.33 bits per heavy atom. The lowest BCUT2D eigenvalue weighted by Crippen LogP contribution is -2.13. The van der Waals surface area contributed by atoms with E-state index in [9.17, 15) is 4.79 Å². The van der Waals surface area contributed by atoms with Gasteiger partial charge in [-0.25, -0.2) is 0 Å². The van der Waals surface area contributed by atoms with E-state index < -0.39 is 5.91 Å². The molecule has 0 bridgehead atoms. The highest BCUT2D eigenvalue weighted by atomic mass is 35.5. The molecule has 2 N–H and O–H groups in total. The van der Waals surface area contributed by atoms with E-state index in [-0.39, 0.29) is 5.69 Å². The van der Waals surface area contributed by atoms with Crippen molar-refractivity contribution in [2.45, 2.75) is 0 Å². The summed E-state index contributed by atoms with van der Waals surface area (Å²) < 4.78 is 1.48. The van der Waals surface area contributed by atoms with Crippen LogP contribution in [0.3, 0.4) is 0 Å². The molecule has 6 nitrogen and oxygen atoms in total. The molecule has 0 aliphatic carbocycles. The lowest BCUT2D eigenvalue weighted by atomic mass is 10.1. The molecule has 7 heteroatoms. The maximum absolute atomic E-state index is 12.1. The third-order valence-corrected chi connectivity index (χ3v) is 3.18. The number of carbonyl (C=O) groups excluding carboxylic acids is 1. The maximum Gasteiger partial charge on any atom is 0.278 e. The molecule has 3 aromatic rings.